The molecule has 3 aliphatic rings. The highest BCUT2D eigenvalue weighted by molar-refractivity contribution is 4.95. The van der Waals surface area contributed by atoms with E-state index in [-0.39, 0.29) is 0 Å². The number of nitrogens with zero attached hydrogens (tertiary/aromatic N) is 1. The van der Waals surface area contributed by atoms with E-state index >= 15 is 0 Å². The summed E-state index contributed by atoms with van der Waals surface area (Å²) < 4.78 is 0. The summed E-state index contributed by atoms with van der Waals surface area (Å²) in [6.45, 7) is 3.92. The van der Waals surface area contributed by atoms with Crippen molar-refractivity contribution >= 4 is 0 Å². The van der Waals surface area contributed by atoms with Crippen LogP contribution in [0, 0.1) is 5.92 Å². The molecule has 0 unspecified atom stereocenters. The third kappa shape index (κ3) is 1.40. The number of rotatable bonds is 1. The summed E-state index contributed by atoms with van der Waals surface area (Å²) in [5.41, 5.74) is 0. The van der Waals surface area contributed by atoms with E-state index in [4.69, 9.17) is 0 Å². The van der Waals surface area contributed by atoms with Crippen molar-refractivity contribution in [3.8, 4) is 0 Å². The Kier molecular flexibility index (Phi) is 2.06. The first-order chi connectivity index (χ1) is 6.43. The summed E-state index contributed by atoms with van der Waals surface area (Å²) in [4.78, 5) is 2.83. The van der Waals surface area contributed by atoms with Crippen LogP contribution in [0.4, 0.5) is 0 Å². The molecule has 2 atom stereocenters. The highest BCUT2D eigenvalue weighted by Crippen LogP contribution is 2.39. The Hall–Kier alpha value is -0.0800. The molecule has 2 bridgehead atoms. The van der Waals surface area contributed by atoms with Crippen LogP contribution in [0.15, 0.2) is 0 Å². The Bertz CT molecular complexity index is 187. The molecule has 2 saturated heterocycles. The first-order valence-electron chi connectivity index (χ1n) is 5.90. The number of hydrogen-bond acceptors (Lipinski definition) is 2. The van der Waals surface area contributed by atoms with Gasteiger partial charge in [0.25, 0.3) is 0 Å². The minimum absolute atomic E-state index is 0.927. The highest BCUT2D eigenvalue weighted by atomic mass is 15.2. The van der Waals surface area contributed by atoms with E-state index in [1.54, 1.807) is 0 Å². The molecule has 0 radical (unpaired) electrons. The molecule has 2 heterocycles. The molecule has 2 heteroatoms. The topological polar surface area (TPSA) is 15.3 Å². The normalized spacial score (nSPS) is 41.5. The van der Waals surface area contributed by atoms with Crippen LogP contribution in [0.5, 0.6) is 0 Å². The van der Waals surface area contributed by atoms with Crippen LogP contribution in [0.2, 0.25) is 0 Å². The molecule has 3 fully saturated rings. The van der Waals surface area contributed by atoms with Gasteiger partial charge in [0.15, 0.2) is 0 Å². The molecule has 0 aromatic carbocycles. The molecule has 0 amide bonds. The zero-order valence-electron chi connectivity index (χ0n) is 8.34. The zero-order valence-corrected chi connectivity index (χ0v) is 8.34. The van der Waals surface area contributed by atoms with Gasteiger partial charge < -0.3 is 5.32 Å². The minimum atomic E-state index is 0.927. The molecule has 2 nitrogen and oxygen atoms in total. The average molecular weight is 180 g/mol. The van der Waals surface area contributed by atoms with Crippen molar-refractivity contribution in [3.05, 3.63) is 0 Å². The van der Waals surface area contributed by atoms with E-state index in [1.807, 2.05) is 0 Å². The minimum Gasteiger partial charge on any atom is -0.317 e. The fraction of sp³-hybridized carbons (Fsp3) is 1.00. The standard InChI is InChI=1S/C11H20N2/c1-2-11-7-9(1)8-13(11)10-3-5-12-6-4-10/h9-12H,1-8H2/t9-,11-/m0/s1. The Balaban J connectivity index is 1.65. The first-order valence-corrected chi connectivity index (χ1v) is 5.90. The Morgan fingerprint density at radius 2 is 1.77 bits per heavy atom. The summed E-state index contributed by atoms with van der Waals surface area (Å²) in [5, 5.41) is 3.46. The maximum atomic E-state index is 3.46. The van der Waals surface area contributed by atoms with Gasteiger partial charge in [0.2, 0.25) is 0 Å². The predicted molar refractivity (Wildman–Crippen MR) is 53.7 cm³/mol. The second-order valence-corrected chi connectivity index (χ2v) is 5.01. The van der Waals surface area contributed by atoms with E-state index < -0.39 is 0 Å². The van der Waals surface area contributed by atoms with Gasteiger partial charge in [-0.2, -0.15) is 0 Å². The third-order valence-corrected chi connectivity index (χ3v) is 4.23. The lowest BCUT2D eigenvalue weighted by Gasteiger charge is -2.37. The number of fused-ring (bicyclic) bond motifs is 2. The average Bonchev–Trinajstić information content (AvgIpc) is 2.80. The molecule has 1 N–H and O–H groups in total. The third-order valence-electron chi connectivity index (χ3n) is 4.23. The summed E-state index contributed by atoms with van der Waals surface area (Å²) in [6, 6.07) is 1.91. The first kappa shape index (κ1) is 8.25. The van der Waals surface area contributed by atoms with E-state index in [0.29, 0.717) is 0 Å². The van der Waals surface area contributed by atoms with Crippen molar-refractivity contribution in [2.45, 2.75) is 44.2 Å². The van der Waals surface area contributed by atoms with Gasteiger partial charge >= 0.3 is 0 Å². The van der Waals surface area contributed by atoms with Gasteiger partial charge in [-0.25, -0.2) is 0 Å². The molecule has 74 valence electrons. The van der Waals surface area contributed by atoms with Gasteiger partial charge in [-0.05, 0) is 51.1 Å². The van der Waals surface area contributed by atoms with Crippen LogP contribution < -0.4 is 5.32 Å². The quantitative estimate of drug-likeness (QED) is 0.653. The van der Waals surface area contributed by atoms with Gasteiger partial charge in [0.05, 0.1) is 0 Å². The molecule has 13 heavy (non-hydrogen) atoms. The molecule has 1 aliphatic carbocycles. The maximum Gasteiger partial charge on any atom is 0.0122 e. The van der Waals surface area contributed by atoms with Gasteiger partial charge in [-0.15, -0.1) is 0 Å². The summed E-state index contributed by atoms with van der Waals surface area (Å²) in [5.74, 6) is 1.07. The van der Waals surface area contributed by atoms with Crippen LogP contribution in [-0.2, 0) is 0 Å². The lowest BCUT2D eigenvalue weighted by molar-refractivity contribution is 0.123. The van der Waals surface area contributed by atoms with Crippen LogP contribution in [0.3, 0.4) is 0 Å². The van der Waals surface area contributed by atoms with Crippen LogP contribution in [-0.4, -0.2) is 36.6 Å². The van der Waals surface area contributed by atoms with Crippen LogP contribution >= 0.6 is 0 Å². The SMILES string of the molecule is C1CC(N2C[C@H]3CC[C@H]2C3)CCN1. The number of likely N-dealkylation sites (tertiary alicyclic amines) is 1. The van der Waals surface area contributed by atoms with E-state index in [1.165, 1.54) is 51.7 Å². The van der Waals surface area contributed by atoms with Gasteiger partial charge in [-0.1, -0.05) is 0 Å². The fourth-order valence-electron chi connectivity index (χ4n) is 3.55. The van der Waals surface area contributed by atoms with Crippen molar-refractivity contribution in [1.29, 1.82) is 0 Å². The largest absolute Gasteiger partial charge is 0.317 e. The lowest BCUT2D eigenvalue weighted by Crippen LogP contribution is -2.46. The number of piperidine rings is 2. The number of nitrogens with one attached hydrogen (secondary N) is 1. The van der Waals surface area contributed by atoms with Crippen molar-refractivity contribution in [2.24, 2.45) is 5.92 Å². The van der Waals surface area contributed by atoms with E-state index in [0.717, 1.165) is 18.0 Å². The Labute approximate surface area is 80.7 Å². The van der Waals surface area contributed by atoms with E-state index in [9.17, 15) is 0 Å². The van der Waals surface area contributed by atoms with Crippen LogP contribution in [0.25, 0.3) is 0 Å². The summed E-state index contributed by atoms with van der Waals surface area (Å²) in [6.07, 6.45) is 7.32. The highest BCUT2D eigenvalue weighted by Gasteiger charge is 2.40. The smallest absolute Gasteiger partial charge is 0.0122 e. The molecule has 0 aromatic rings. The zero-order chi connectivity index (χ0) is 8.67. The molecule has 1 saturated carbocycles. The Morgan fingerprint density at radius 1 is 0.923 bits per heavy atom. The van der Waals surface area contributed by atoms with Crippen LogP contribution in [0.1, 0.15) is 32.1 Å². The molecule has 2 aliphatic heterocycles. The predicted octanol–water partition coefficient (Wildman–Crippen LogP) is 1.22. The molecule has 0 aromatic heterocycles. The monoisotopic (exact) mass is 180 g/mol. The van der Waals surface area contributed by atoms with Gasteiger partial charge in [0.1, 0.15) is 0 Å². The molecular formula is C11H20N2. The summed E-state index contributed by atoms with van der Waals surface area (Å²) >= 11 is 0. The van der Waals surface area contributed by atoms with Crippen molar-refractivity contribution in [3.63, 3.8) is 0 Å². The van der Waals surface area contributed by atoms with Gasteiger partial charge in [0, 0.05) is 18.6 Å². The molecule has 3 rings (SSSR count). The molecule has 0 spiro atoms. The second-order valence-electron chi connectivity index (χ2n) is 5.01. The van der Waals surface area contributed by atoms with Crippen molar-refractivity contribution in [1.82, 2.24) is 10.2 Å². The van der Waals surface area contributed by atoms with Gasteiger partial charge in [-0.3, -0.25) is 4.90 Å². The van der Waals surface area contributed by atoms with Crippen molar-refractivity contribution < 1.29 is 0 Å². The lowest BCUT2D eigenvalue weighted by atomic mass is 10.0. The maximum absolute atomic E-state index is 3.46. The fourth-order valence-corrected chi connectivity index (χ4v) is 3.55. The molecular weight excluding hydrogens is 160 g/mol. The summed E-state index contributed by atoms with van der Waals surface area (Å²) in [7, 11) is 0. The van der Waals surface area contributed by atoms with E-state index in [2.05, 4.69) is 10.2 Å². The second kappa shape index (κ2) is 3.25. The Morgan fingerprint density at radius 3 is 2.38 bits per heavy atom. The van der Waals surface area contributed by atoms with Crippen molar-refractivity contribution in [2.75, 3.05) is 19.6 Å². The number of hydrogen-bond donors (Lipinski definition) is 1.